The Bertz CT molecular complexity index is 972. The molecule has 2 aromatic carbocycles. The minimum Gasteiger partial charge on any atom is -0.494 e. The number of amides is 2. The van der Waals surface area contributed by atoms with Crippen molar-refractivity contribution in [3.63, 3.8) is 0 Å². The van der Waals surface area contributed by atoms with Gasteiger partial charge in [-0.15, -0.1) is 0 Å². The van der Waals surface area contributed by atoms with Gasteiger partial charge in [-0.3, -0.25) is 14.9 Å². The van der Waals surface area contributed by atoms with Gasteiger partial charge >= 0.3 is 0 Å². The number of nitrogens with zero attached hydrogens (tertiary/aromatic N) is 2. The van der Waals surface area contributed by atoms with E-state index in [1.165, 1.54) is 12.8 Å². The van der Waals surface area contributed by atoms with E-state index in [1.54, 1.807) is 42.5 Å². The molecular weight excluding hydrogens is 448 g/mol. The molecule has 1 aliphatic rings. The quantitative estimate of drug-likeness (QED) is 0.413. The second-order valence-corrected chi connectivity index (χ2v) is 8.93. The van der Waals surface area contributed by atoms with Crippen molar-refractivity contribution in [3.8, 4) is 5.75 Å². The number of thiocarbonyl (C=S) groups is 1. The molecule has 1 aliphatic heterocycles. The van der Waals surface area contributed by atoms with Crippen molar-refractivity contribution < 1.29 is 14.3 Å². The number of piperazine rings is 1. The summed E-state index contributed by atoms with van der Waals surface area (Å²) in [7, 11) is 2.05. The Balaban J connectivity index is 1.49. The summed E-state index contributed by atoms with van der Waals surface area (Å²) in [6.07, 6.45) is 4.60. The zero-order valence-corrected chi connectivity index (χ0v) is 20.8. The minimum atomic E-state index is -0.309. The van der Waals surface area contributed by atoms with Crippen LogP contribution in [0.3, 0.4) is 0 Å². The largest absolute Gasteiger partial charge is 0.494 e. The third-order valence-electron chi connectivity index (χ3n) is 5.77. The van der Waals surface area contributed by atoms with Crippen molar-refractivity contribution in [1.29, 1.82) is 0 Å². The van der Waals surface area contributed by atoms with Gasteiger partial charge in [-0.1, -0.05) is 32.3 Å². The van der Waals surface area contributed by atoms with Crippen molar-refractivity contribution in [3.05, 3.63) is 59.7 Å². The fourth-order valence-electron chi connectivity index (χ4n) is 3.68. The van der Waals surface area contributed by atoms with Crippen LogP contribution in [-0.4, -0.2) is 66.6 Å². The molecule has 0 aliphatic carbocycles. The lowest BCUT2D eigenvalue weighted by atomic mass is 10.1. The Morgan fingerprint density at radius 3 is 2.41 bits per heavy atom. The average molecular weight is 483 g/mol. The van der Waals surface area contributed by atoms with Crippen LogP contribution in [0.15, 0.2) is 48.5 Å². The number of unbranched alkanes of at least 4 members (excludes halogenated alkanes) is 3. The highest BCUT2D eigenvalue weighted by Gasteiger charge is 2.20. The summed E-state index contributed by atoms with van der Waals surface area (Å²) in [6.45, 7) is 6.02. The summed E-state index contributed by atoms with van der Waals surface area (Å²) >= 11 is 5.31. The average Bonchev–Trinajstić information content (AvgIpc) is 2.84. The molecule has 2 N–H and O–H groups in total. The number of rotatable bonds is 9. The lowest BCUT2D eigenvalue weighted by molar-refractivity contribution is 0.0664. The van der Waals surface area contributed by atoms with Crippen LogP contribution in [-0.2, 0) is 0 Å². The number of nitrogens with one attached hydrogen (secondary N) is 2. The van der Waals surface area contributed by atoms with Crippen molar-refractivity contribution in [1.82, 2.24) is 15.1 Å². The molecule has 34 heavy (non-hydrogen) atoms. The van der Waals surface area contributed by atoms with E-state index in [0.29, 0.717) is 36.5 Å². The highest BCUT2D eigenvalue weighted by atomic mass is 32.1. The van der Waals surface area contributed by atoms with E-state index in [0.717, 1.165) is 31.7 Å². The predicted molar refractivity (Wildman–Crippen MR) is 140 cm³/mol. The van der Waals surface area contributed by atoms with Crippen LogP contribution in [0.25, 0.3) is 0 Å². The molecule has 1 heterocycles. The van der Waals surface area contributed by atoms with Crippen LogP contribution in [0.5, 0.6) is 5.75 Å². The van der Waals surface area contributed by atoms with Gasteiger partial charge in [0.1, 0.15) is 5.75 Å². The normalized spacial score (nSPS) is 13.9. The summed E-state index contributed by atoms with van der Waals surface area (Å²) in [5.74, 6) is 0.437. The Hall–Kier alpha value is -2.97. The topological polar surface area (TPSA) is 73.9 Å². The Morgan fingerprint density at radius 2 is 1.71 bits per heavy atom. The number of likely N-dealkylation sites (N-methyl/N-ethyl adjacent to an activating group) is 1. The molecule has 7 nitrogen and oxygen atoms in total. The number of hydrogen-bond acceptors (Lipinski definition) is 5. The molecule has 0 radical (unpaired) electrons. The van der Waals surface area contributed by atoms with Crippen LogP contribution >= 0.6 is 12.2 Å². The number of carbonyl (C=O) groups excluding carboxylic acids is 2. The number of benzene rings is 2. The van der Waals surface area contributed by atoms with E-state index in [4.69, 9.17) is 17.0 Å². The van der Waals surface area contributed by atoms with Gasteiger partial charge in [0.15, 0.2) is 5.11 Å². The first-order valence-corrected chi connectivity index (χ1v) is 12.3. The predicted octanol–water partition coefficient (Wildman–Crippen LogP) is 4.16. The lowest BCUT2D eigenvalue weighted by Gasteiger charge is -2.32. The smallest absolute Gasteiger partial charge is 0.257 e. The molecule has 182 valence electrons. The highest BCUT2D eigenvalue weighted by Crippen LogP contribution is 2.15. The van der Waals surface area contributed by atoms with E-state index in [9.17, 15) is 9.59 Å². The number of ether oxygens (including phenoxy) is 1. The van der Waals surface area contributed by atoms with Crippen LogP contribution in [0, 0.1) is 0 Å². The molecule has 0 aromatic heterocycles. The van der Waals surface area contributed by atoms with Crippen molar-refractivity contribution >= 4 is 34.8 Å². The second kappa shape index (κ2) is 13.1. The van der Waals surface area contributed by atoms with E-state index >= 15 is 0 Å². The summed E-state index contributed by atoms with van der Waals surface area (Å²) in [5, 5.41) is 5.86. The maximum atomic E-state index is 12.8. The van der Waals surface area contributed by atoms with E-state index in [1.807, 2.05) is 11.0 Å². The van der Waals surface area contributed by atoms with Gasteiger partial charge in [0.2, 0.25) is 0 Å². The molecule has 2 aromatic rings. The third kappa shape index (κ3) is 7.81. The summed E-state index contributed by atoms with van der Waals surface area (Å²) in [5.41, 5.74) is 1.73. The fraction of sp³-hybridized carbons (Fsp3) is 0.423. The number of carbonyl (C=O) groups is 2. The monoisotopic (exact) mass is 482 g/mol. The molecule has 0 saturated carbocycles. The molecule has 0 spiro atoms. The second-order valence-electron chi connectivity index (χ2n) is 8.52. The van der Waals surface area contributed by atoms with E-state index < -0.39 is 0 Å². The zero-order valence-electron chi connectivity index (χ0n) is 20.0. The molecule has 1 fully saturated rings. The third-order valence-corrected chi connectivity index (χ3v) is 5.97. The first kappa shape index (κ1) is 25.6. The Kier molecular flexibility index (Phi) is 9.85. The summed E-state index contributed by atoms with van der Waals surface area (Å²) in [4.78, 5) is 29.4. The minimum absolute atomic E-state index is 0.000578. The van der Waals surface area contributed by atoms with Crippen LogP contribution in [0.2, 0.25) is 0 Å². The number of hydrogen-bond donors (Lipinski definition) is 2. The van der Waals surface area contributed by atoms with E-state index in [-0.39, 0.29) is 16.9 Å². The molecular formula is C26H34N4O3S. The standard InChI is InChI=1S/C26H34N4O3S/c1-3-4-5-6-18-33-23-12-10-20(11-13-23)24(31)28-26(34)27-22-9-7-8-21(19-22)25(32)30-16-14-29(2)15-17-30/h7-13,19H,3-6,14-18H2,1-2H3,(H2,27,28,31,34). The van der Waals surface area contributed by atoms with Gasteiger partial charge in [0.25, 0.3) is 11.8 Å². The molecule has 0 atom stereocenters. The summed E-state index contributed by atoms with van der Waals surface area (Å²) in [6, 6.07) is 14.2. The van der Waals surface area contributed by atoms with E-state index in [2.05, 4.69) is 29.5 Å². The van der Waals surface area contributed by atoms with Gasteiger partial charge < -0.3 is 19.9 Å². The van der Waals surface area contributed by atoms with Gasteiger partial charge in [0.05, 0.1) is 6.61 Å². The number of anilines is 1. The first-order chi connectivity index (χ1) is 16.5. The maximum Gasteiger partial charge on any atom is 0.257 e. The lowest BCUT2D eigenvalue weighted by Crippen LogP contribution is -2.47. The van der Waals surface area contributed by atoms with Gasteiger partial charge in [-0.05, 0) is 68.2 Å². The first-order valence-electron chi connectivity index (χ1n) is 11.9. The Morgan fingerprint density at radius 1 is 0.971 bits per heavy atom. The fourth-order valence-corrected chi connectivity index (χ4v) is 3.89. The van der Waals surface area contributed by atoms with Crippen molar-refractivity contribution in [2.75, 3.05) is 45.2 Å². The Labute approximate surface area is 207 Å². The maximum absolute atomic E-state index is 12.8. The molecule has 3 rings (SSSR count). The van der Waals surface area contributed by atoms with Crippen LogP contribution < -0.4 is 15.4 Å². The molecule has 1 saturated heterocycles. The van der Waals surface area contributed by atoms with Gasteiger partial charge in [-0.25, -0.2) is 0 Å². The summed E-state index contributed by atoms with van der Waals surface area (Å²) < 4.78 is 5.72. The highest BCUT2D eigenvalue weighted by molar-refractivity contribution is 7.80. The molecule has 2 amide bonds. The molecule has 0 bridgehead atoms. The van der Waals surface area contributed by atoms with Crippen molar-refractivity contribution in [2.45, 2.75) is 32.6 Å². The van der Waals surface area contributed by atoms with Crippen LogP contribution in [0.4, 0.5) is 5.69 Å². The van der Waals surface area contributed by atoms with Gasteiger partial charge in [0, 0.05) is 43.0 Å². The van der Waals surface area contributed by atoms with Crippen LogP contribution in [0.1, 0.15) is 53.3 Å². The van der Waals surface area contributed by atoms with Crippen molar-refractivity contribution in [2.24, 2.45) is 0 Å². The van der Waals surface area contributed by atoms with Gasteiger partial charge in [-0.2, -0.15) is 0 Å². The molecule has 0 unspecified atom stereocenters. The zero-order chi connectivity index (χ0) is 24.3. The molecule has 8 heteroatoms. The SMILES string of the molecule is CCCCCCOc1ccc(C(=O)NC(=S)Nc2cccc(C(=O)N3CCN(C)CC3)c2)cc1.